The molecule has 1 fully saturated rings. The summed E-state index contributed by atoms with van der Waals surface area (Å²) in [6.45, 7) is 11.1. The summed E-state index contributed by atoms with van der Waals surface area (Å²) in [7, 11) is -0.509. The molecule has 0 aliphatic carbocycles. The van der Waals surface area contributed by atoms with Crippen molar-refractivity contribution in [2.45, 2.75) is 59.3 Å². The zero-order valence-electron chi connectivity index (χ0n) is 15.5. The maximum absolute atomic E-state index is 12.0. The predicted molar refractivity (Wildman–Crippen MR) is 96.1 cm³/mol. The maximum Gasteiger partial charge on any atom is 0.494 e. The van der Waals surface area contributed by atoms with Crippen molar-refractivity contribution in [3.05, 3.63) is 23.9 Å². The molecule has 0 unspecified atom stereocenters. The van der Waals surface area contributed by atoms with Crippen LogP contribution in [0.1, 0.15) is 52.0 Å². The number of benzene rings is 1. The van der Waals surface area contributed by atoms with E-state index in [-0.39, 0.29) is 18.1 Å². The fourth-order valence-electron chi connectivity index (χ4n) is 2.91. The molecule has 132 valence electrons. The minimum absolute atomic E-state index is 0.0189. The molecule has 7 heteroatoms. The third kappa shape index (κ3) is 3.02. The lowest BCUT2D eigenvalue weighted by atomic mass is 9.78. The highest BCUT2D eigenvalue weighted by atomic mass is 16.7. The number of Topliss-reactive ketones (excluding diaryl/α,β-unsaturated/α-hetero) is 2. The Bertz CT molecular complexity index is 853. The van der Waals surface area contributed by atoms with Crippen molar-refractivity contribution in [3.8, 4) is 0 Å². The van der Waals surface area contributed by atoms with Gasteiger partial charge in [-0.25, -0.2) is 0 Å². The van der Waals surface area contributed by atoms with Crippen LogP contribution in [0.4, 0.5) is 0 Å². The molecule has 1 aromatic carbocycles. The van der Waals surface area contributed by atoms with Crippen LogP contribution in [-0.4, -0.2) is 39.7 Å². The predicted octanol–water partition coefficient (Wildman–Crippen LogP) is 2.13. The molecule has 1 aliphatic heterocycles. The number of carbonyl (C=O) groups excluding carboxylic acids is 2. The van der Waals surface area contributed by atoms with Gasteiger partial charge in [-0.1, -0.05) is 12.1 Å². The number of hydrogen-bond acceptors (Lipinski definition) is 5. The largest absolute Gasteiger partial charge is 0.494 e. The number of carbonyl (C=O) groups is 2. The quantitative estimate of drug-likeness (QED) is 0.629. The first-order chi connectivity index (χ1) is 11.5. The zero-order valence-corrected chi connectivity index (χ0v) is 15.5. The number of hydrogen-bond donors (Lipinski definition) is 0. The van der Waals surface area contributed by atoms with Crippen LogP contribution in [0.5, 0.6) is 0 Å². The number of nitrogens with zero attached hydrogens (tertiary/aromatic N) is 2. The van der Waals surface area contributed by atoms with Gasteiger partial charge in [-0.3, -0.25) is 14.3 Å². The Hall–Kier alpha value is -1.99. The fraction of sp³-hybridized carbons (Fsp3) is 0.500. The molecule has 1 aromatic heterocycles. The van der Waals surface area contributed by atoms with E-state index in [0.29, 0.717) is 11.1 Å². The van der Waals surface area contributed by atoms with Crippen molar-refractivity contribution < 1.29 is 18.9 Å². The molecular formula is C18H23BN2O4. The summed E-state index contributed by atoms with van der Waals surface area (Å²) in [6.07, 6.45) is 0. The lowest BCUT2D eigenvalue weighted by Crippen LogP contribution is -2.41. The van der Waals surface area contributed by atoms with Gasteiger partial charge in [-0.15, -0.1) is 0 Å². The van der Waals surface area contributed by atoms with Crippen molar-refractivity contribution in [3.63, 3.8) is 0 Å². The molecule has 0 spiro atoms. The lowest BCUT2D eigenvalue weighted by molar-refractivity contribution is -0.117. The summed E-state index contributed by atoms with van der Waals surface area (Å²) >= 11 is 0. The molecule has 0 bridgehead atoms. The third-order valence-corrected chi connectivity index (χ3v) is 5.01. The van der Waals surface area contributed by atoms with Gasteiger partial charge in [0.2, 0.25) is 0 Å². The highest BCUT2D eigenvalue weighted by Crippen LogP contribution is 2.36. The Morgan fingerprint density at radius 2 is 1.72 bits per heavy atom. The second-order valence-electron chi connectivity index (χ2n) is 7.63. The molecule has 1 saturated heterocycles. The van der Waals surface area contributed by atoms with Gasteiger partial charge in [0.1, 0.15) is 5.69 Å². The normalized spacial score (nSPS) is 18.7. The minimum atomic E-state index is -0.509. The smallest absolute Gasteiger partial charge is 0.399 e. The summed E-state index contributed by atoms with van der Waals surface area (Å²) < 4.78 is 13.7. The highest BCUT2D eigenvalue weighted by molar-refractivity contribution is 6.62. The maximum atomic E-state index is 12.0. The molecule has 1 aliphatic rings. The monoisotopic (exact) mass is 342 g/mol. The van der Waals surface area contributed by atoms with Crippen LogP contribution in [0.2, 0.25) is 0 Å². The van der Waals surface area contributed by atoms with E-state index in [1.54, 1.807) is 4.68 Å². The number of fused-ring (bicyclic) bond motifs is 1. The van der Waals surface area contributed by atoms with Crippen LogP contribution in [0.15, 0.2) is 18.2 Å². The third-order valence-electron chi connectivity index (χ3n) is 5.01. The van der Waals surface area contributed by atoms with E-state index in [1.807, 2.05) is 45.9 Å². The van der Waals surface area contributed by atoms with Crippen LogP contribution < -0.4 is 5.46 Å². The number of aromatic nitrogens is 2. The van der Waals surface area contributed by atoms with Crippen LogP contribution in [0.3, 0.4) is 0 Å². The molecule has 2 aromatic rings. The van der Waals surface area contributed by atoms with Crippen LogP contribution >= 0.6 is 0 Å². The highest BCUT2D eigenvalue weighted by Gasteiger charge is 2.51. The molecule has 0 saturated carbocycles. The molecular weight excluding hydrogens is 319 g/mol. The van der Waals surface area contributed by atoms with E-state index in [2.05, 4.69) is 5.10 Å². The van der Waals surface area contributed by atoms with Gasteiger partial charge in [0.15, 0.2) is 11.6 Å². The molecule has 0 atom stereocenters. The fourth-order valence-corrected chi connectivity index (χ4v) is 2.91. The molecule has 0 N–H and O–H groups in total. The lowest BCUT2D eigenvalue weighted by Gasteiger charge is -2.32. The van der Waals surface area contributed by atoms with E-state index in [4.69, 9.17) is 9.31 Å². The zero-order chi connectivity index (χ0) is 18.6. The molecule has 3 rings (SSSR count). The molecule has 2 heterocycles. The van der Waals surface area contributed by atoms with E-state index < -0.39 is 18.3 Å². The van der Waals surface area contributed by atoms with Crippen molar-refractivity contribution in [2.75, 3.05) is 0 Å². The Labute approximate surface area is 147 Å². The van der Waals surface area contributed by atoms with Crippen molar-refractivity contribution in [1.29, 1.82) is 0 Å². The first-order valence-corrected chi connectivity index (χ1v) is 8.38. The van der Waals surface area contributed by atoms with Crippen LogP contribution in [0.25, 0.3) is 10.9 Å². The Balaban J connectivity index is 2.07. The summed E-state index contributed by atoms with van der Waals surface area (Å²) in [5.74, 6) is -0.159. The summed E-state index contributed by atoms with van der Waals surface area (Å²) in [5, 5.41) is 5.03. The van der Waals surface area contributed by atoms with Gasteiger partial charge in [0.05, 0.1) is 23.3 Å². The summed E-state index contributed by atoms with van der Waals surface area (Å²) in [5.41, 5.74) is 1.07. The SMILES string of the molecule is CC(=O)Cn1nc(C(C)=O)c2cc(B3OC(C)(C)C(C)(C)O3)ccc21. The van der Waals surface area contributed by atoms with Gasteiger partial charge >= 0.3 is 7.12 Å². The minimum Gasteiger partial charge on any atom is -0.399 e. The van der Waals surface area contributed by atoms with Gasteiger partial charge in [0.25, 0.3) is 0 Å². The van der Waals surface area contributed by atoms with Crippen LogP contribution in [0, 0.1) is 0 Å². The topological polar surface area (TPSA) is 70.4 Å². The molecule has 0 radical (unpaired) electrons. The van der Waals surface area contributed by atoms with E-state index in [1.165, 1.54) is 13.8 Å². The molecule has 6 nitrogen and oxygen atoms in total. The van der Waals surface area contributed by atoms with Crippen molar-refractivity contribution in [1.82, 2.24) is 9.78 Å². The first-order valence-electron chi connectivity index (χ1n) is 8.38. The Morgan fingerprint density at radius 3 is 2.24 bits per heavy atom. The van der Waals surface area contributed by atoms with Gasteiger partial charge < -0.3 is 9.31 Å². The van der Waals surface area contributed by atoms with E-state index in [0.717, 1.165) is 11.0 Å². The Morgan fingerprint density at radius 1 is 1.12 bits per heavy atom. The summed E-state index contributed by atoms with van der Waals surface area (Å²) in [6, 6.07) is 5.63. The first kappa shape index (κ1) is 17.8. The van der Waals surface area contributed by atoms with Crippen LogP contribution in [-0.2, 0) is 20.6 Å². The van der Waals surface area contributed by atoms with Crippen molar-refractivity contribution in [2.24, 2.45) is 0 Å². The van der Waals surface area contributed by atoms with E-state index in [9.17, 15) is 9.59 Å². The van der Waals surface area contributed by atoms with E-state index >= 15 is 0 Å². The average molecular weight is 342 g/mol. The van der Waals surface area contributed by atoms with Gasteiger partial charge in [0, 0.05) is 12.3 Å². The second kappa shape index (κ2) is 5.78. The van der Waals surface area contributed by atoms with Crippen molar-refractivity contribution >= 4 is 35.1 Å². The van der Waals surface area contributed by atoms with Gasteiger partial charge in [-0.2, -0.15) is 5.10 Å². The molecule has 25 heavy (non-hydrogen) atoms. The molecule has 0 amide bonds. The van der Waals surface area contributed by atoms with Gasteiger partial charge in [-0.05, 0) is 46.1 Å². The number of rotatable bonds is 4. The second-order valence-corrected chi connectivity index (χ2v) is 7.63. The Kier molecular flexibility index (Phi) is 4.12. The standard InChI is InChI=1S/C18H23BN2O4/c1-11(22)10-21-15-8-7-13(9-14(15)16(20-21)12(2)23)19-24-17(3,4)18(5,6)25-19/h7-9H,10H2,1-6H3. The number of ketones is 2. The summed E-state index contributed by atoms with van der Waals surface area (Å²) in [4.78, 5) is 23.4. The average Bonchev–Trinajstić information content (AvgIpc) is 2.93.